The van der Waals surface area contributed by atoms with Gasteiger partial charge in [0.2, 0.25) is 0 Å². The van der Waals surface area contributed by atoms with Crippen LogP contribution < -0.4 is 10.9 Å². The van der Waals surface area contributed by atoms with E-state index in [9.17, 15) is 4.79 Å². The second kappa shape index (κ2) is 5.88. The van der Waals surface area contributed by atoms with Crippen molar-refractivity contribution in [3.05, 3.63) is 34.3 Å². The van der Waals surface area contributed by atoms with E-state index in [1.54, 1.807) is 17.8 Å². The summed E-state index contributed by atoms with van der Waals surface area (Å²) >= 11 is 0. The van der Waals surface area contributed by atoms with Gasteiger partial charge in [-0.15, -0.1) is 0 Å². The lowest BCUT2D eigenvalue weighted by Crippen LogP contribution is -2.26. The van der Waals surface area contributed by atoms with Crippen LogP contribution in [0.2, 0.25) is 0 Å². The van der Waals surface area contributed by atoms with Gasteiger partial charge in [-0.3, -0.25) is 4.79 Å². The molecule has 2 aromatic heterocycles. The number of H-pyrrole nitrogens is 1. The molecule has 0 saturated carbocycles. The molecule has 2 aliphatic rings. The molecular formula is C15H19N5O3. The molecule has 2 unspecified atom stereocenters. The van der Waals surface area contributed by atoms with Crippen molar-refractivity contribution in [3.8, 4) is 0 Å². The number of imidazole rings is 1. The number of nitrogens with one attached hydrogen (secondary N) is 2. The van der Waals surface area contributed by atoms with Gasteiger partial charge in [-0.2, -0.15) is 5.10 Å². The molecule has 8 nitrogen and oxygen atoms in total. The fourth-order valence-corrected chi connectivity index (χ4v) is 3.21. The van der Waals surface area contributed by atoms with Crippen molar-refractivity contribution in [1.29, 1.82) is 0 Å². The van der Waals surface area contributed by atoms with Gasteiger partial charge in [0, 0.05) is 20.2 Å². The van der Waals surface area contributed by atoms with Crippen LogP contribution in [0.1, 0.15) is 24.0 Å². The molecule has 0 radical (unpaired) electrons. The van der Waals surface area contributed by atoms with Gasteiger partial charge in [0.15, 0.2) is 11.3 Å². The zero-order chi connectivity index (χ0) is 15.8. The second-order valence-corrected chi connectivity index (χ2v) is 5.81. The van der Waals surface area contributed by atoms with E-state index in [-0.39, 0.29) is 17.6 Å². The van der Waals surface area contributed by atoms with Crippen LogP contribution in [0.3, 0.4) is 0 Å². The molecule has 8 heteroatoms. The van der Waals surface area contributed by atoms with Crippen LogP contribution in [0.5, 0.6) is 0 Å². The van der Waals surface area contributed by atoms with Crippen molar-refractivity contribution in [2.24, 2.45) is 0 Å². The van der Waals surface area contributed by atoms with E-state index < -0.39 is 0 Å². The zero-order valence-corrected chi connectivity index (χ0v) is 12.9. The molecule has 0 aromatic carbocycles. The van der Waals surface area contributed by atoms with E-state index in [4.69, 9.17) is 9.47 Å². The van der Waals surface area contributed by atoms with Crippen LogP contribution in [0.4, 0.5) is 0 Å². The molecule has 4 rings (SSSR count). The maximum Gasteiger partial charge on any atom is 0.276 e. The maximum absolute atomic E-state index is 12.4. The predicted molar refractivity (Wildman–Crippen MR) is 83.4 cm³/mol. The number of hydrogen-bond donors (Lipinski definition) is 2. The smallest absolute Gasteiger partial charge is 0.276 e. The molecule has 0 aliphatic carbocycles. The normalized spacial score (nSPS) is 25.0. The number of aromatic nitrogens is 4. The van der Waals surface area contributed by atoms with Crippen LogP contribution in [0.25, 0.3) is 11.1 Å². The van der Waals surface area contributed by atoms with Crippen molar-refractivity contribution in [2.75, 3.05) is 33.4 Å². The van der Waals surface area contributed by atoms with Crippen LogP contribution in [0.15, 0.2) is 17.1 Å². The summed E-state index contributed by atoms with van der Waals surface area (Å²) in [6.45, 7) is 2.71. The Morgan fingerprint density at radius 2 is 2.35 bits per heavy atom. The first-order valence-electron chi connectivity index (χ1n) is 7.76. The van der Waals surface area contributed by atoms with E-state index >= 15 is 0 Å². The van der Waals surface area contributed by atoms with Crippen molar-refractivity contribution in [3.63, 3.8) is 0 Å². The molecule has 2 N–H and O–H groups in total. The first-order valence-corrected chi connectivity index (χ1v) is 7.76. The fraction of sp³-hybridized carbons (Fsp3) is 0.533. The SMILES string of the molecule is COC1CNCC1c1nn2c(C3=CCOCC3)ncc2c(=O)[nH]1. The summed E-state index contributed by atoms with van der Waals surface area (Å²) < 4.78 is 12.5. The lowest BCUT2D eigenvalue weighted by molar-refractivity contribution is 0.103. The topological polar surface area (TPSA) is 93.5 Å². The molecule has 0 spiro atoms. The third-order valence-electron chi connectivity index (χ3n) is 4.48. The van der Waals surface area contributed by atoms with Crippen LogP contribution in [-0.2, 0) is 9.47 Å². The summed E-state index contributed by atoms with van der Waals surface area (Å²) in [6, 6.07) is 0. The van der Waals surface area contributed by atoms with Gasteiger partial charge in [-0.1, -0.05) is 6.08 Å². The fourth-order valence-electron chi connectivity index (χ4n) is 3.21. The summed E-state index contributed by atoms with van der Waals surface area (Å²) in [5.74, 6) is 1.37. The zero-order valence-electron chi connectivity index (χ0n) is 12.9. The average molecular weight is 317 g/mol. The molecule has 0 amide bonds. The Kier molecular flexibility index (Phi) is 3.72. The third kappa shape index (κ3) is 2.48. The van der Waals surface area contributed by atoms with Crippen molar-refractivity contribution < 1.29 is 9.47 Å². The molecule has 23 heavy (non-hydrogen) atoms. The molecule has 2 aromatic rings. The van der Waals surface area contributed by atoms with Crippen LogP contribution in [-0.4, -0.2) is 59.1 Å². The summed E-state index contributed by atoms with van der Waals surface area (Å²) in [4.78, 5) is 19.7. The quantitative estimate of drug-likeness (QED) is 0.823. The van der Waals surface area contributed by atoms with Crippen molar-refractivity contribution >= 4 is 11.1 Å². The molecule has 2 atom stereocenters. The van der Waals surface area contributed by atoms with E-state index in [0.717, 1.165) is 30.9 Å². The number of methoxy groups -OCH3 is 1. The number of fused-ring (bicyclic) bond motifs is 1. The largest absolute Gasteiger partial charge is 0.379 e. The van der Waals surface area contributed by atoms with Gasteiger partial charge >= 0.3 is 0 Å². The van der Waals surface area contributed by atoms with Gasteiger partial charge < -0.3 is 19.8 Å². The van der Waals surface area contributed by atoms with Gasteiger partial charge in [-0.05, 0) is 12.0 Å². The highest BCUT2D eigenvalue weighted by Crippen LogP contribution is 2.23. The Labute approximate surface area is 132 Å². The number of ether oxygens (including phenoxy) is 2. The monoisotopic (exact) mass is 317 g/mol. The summed E-state index contributed by atoms with van der Waals surface area (Å²) in [5, 5.41) is 7.92. The van der Waals surface area contributed by atoms with Crippen molar-refractivity contribution in [1.82, 2.24) is 24.9 Å². The second-order valence-electron chi connectivity index (χ2n) is 5.81. The predicted octanol–water partition coefficient (Wildman–Crippen LogP) is -0.0769. The Hall–Kier alpha value is -2.03. The first kappa shape index (κ1) is 14.6. The Morgan fingerprint density at radius 3 is 3.13 bits per heavy atom. The molecular weight excluding hydrogens is 298 g/mol. The minimum absolute atomic E-state index is 0.00451. The van der Waals surface area contributed by atoms with E-state index in [2.05, 4.69) is 20.4 Å². The Balaban J connectivity index is 1.82. The van der Waals surface area contributed by atoms with Gasteiger partial charge in [0.25, 0.3) is 5.56 Å². The Bertz CT molecular complexity index is 809. The number of aromatic amines is 1. The molecule has 122 valence electrons. The molecule has 1 fully saturated rings. The highest BCUT2D eigenvalue weighted by molar-refractivity contribution is 5.64. The molecule has 4 heterocycles. The minimum Gasteiger partial charge on any atom is -0.379 e. The number of rotatable bonds is 3. The van der Waals surface area contributed by atoms with E-state index in [0.29, 0.717) is 24.6 Å². The Morgan fingerprint density at radius 1 is 1.43 bits per heavy atom. The molecule has 1 saturated heterocycles. The van der Waals surface area contributed by atoms with Gasteiger partial charge in [-0.25, -0.2) is 9.50 Å². The van der Waals surface area contributed by atoms with Gasteiger partial charge in [0.1, 0.15) is 5.82 Å². The van der Waals surface area contributed by atoms with Crippen LogP contribution in [0, 0.1) is 0 Å². The number of hydrogen-bond acceptors (Lipinski definition) is 6. The summed E-state index contributed by atoms with van der Waals surface area (Å²) in [6.07, 6.45) is 4.34. The maximum atomic E-state index is 12.4. The standard InChI is InChI=1S/C15H19N5O3/c1-22-12-8-16-6-10(12)13-18-15(21)11-7-17-14(20(11)19-13)9-2-4-23-5-3-9/h2,7,10,12,16H,3-6,8H2,1H3,(H,18,19,21). The third-order valence-corrected chi connectivity index (χ3v) is 4.48. The number of nitrogens with zero attached hydrogens (tertiary/aromatic N) is 3. The van der Waals surface area contributed by atoms with Crippen molar-refractivity contribution in [2.45, 2.75) is 18.4 Å². The average Bonchev–Trinajstić information content (AvgIpc) is 3.22. The van der Waals surface area contributed by atoms with Gasteiger partial charge in [0.05, 0.1) is 31.4 Å². The lowest BCUT2D eigenvalue weighted by Gasteiger charge is -2.16. The minimum atomic E-state index is -0.178. The lowest BCUT2D eigenvalue weighted by atomic mass is 10.1. The highest BCUT2D eigenvalue weighted by atomic mass is 16.5. The summed E-state index contributed by atoms with van der Waals surface area (Å²) in [7, 11) is 1.68. The first-order chi connectivity index (χ1) is 11.3. The summed E-state index contributed by atoms with van der Waals surface area (Å²) in [5.41, 5.74) is 1.34. The van der Waals surface area contributed by atoms with E-state index in [1.807, 2.05) is 6.08 Å². The van der Waals surface area contributed by atoms with Crippen LogP contribution >= 0.6 is 0 Å². The molecule has 0 bridgehead atoms. The molecule has 2 aliphatic heterocycles. The van der Waals surface area contributed by atoms with E-state index in [1.165, 1.54) is 0 Å². The highest BCUT2D eigenvalue weighted by Gasteiger charge is 2.31.